The van der Waals surface area contributed by atoms with E-state index in [9.17, 15) is 14.4 Å². The van der Waals surface area contributed by atoms with E-state index >= 15 is 0 Å². The van der Waals surface area contributed by atoms with Gasteiger partial charge in [-0.3, -0.25) is 14.4 Å². The van der Waals surface area contributed by atoms with Crippen molar-refractivity contribution in [3.8, 4) is 0 Å². The van der Waals surface area contributed by atoms with Gasteiger partial charge in [-0.25, -0.2) is 0 Å². The standard InChI is InChI=1S/C64H120O6/c1-4-7-10-13-16-19-21-23-24-25-26-27-28-29-30-31-32-33-34-35-36-37-38-39-40-42-43-45-48-51-54-57-63(66)69-60-61(59-68-62(65)56-53-50-47-18-15-12-9-6-3)70-64(67)58-55-52-49-46-44-41-22-20-17-14-11-8-5-2/h21,23,25-26,61H,4-20,22,24,27-60H2,1-3H3/b23-21-,26-25-. The Kier molecular flexibility index (Phi) is 57.7. The zero-order valence-corrected chi connectivity index (χ0v) is 47.3. The number of carbonyl (C=O) groups excluding carboxylic acids is 3. The van der Waals surface area contributed by atoms with Crippen molar-refractivity contribution in [3.63, 3.8) is 0 Å². The Morgan fingerprint density at radius 2 is 0.514 bits per heavy atom. The maximum atomic E-state index is 12.8. The molecule has 0 spiro atoms. The van der Waals surface area contributed by atoms with E-state index in [1.807, 2.05) is 0 Å². The van der Waals surface area contributed by atoms with E-state index in [-0.39, 0.29) is 31.1 Å². The number of ether oxygens (including phenoxy) is 3. The van der Waals surface area contributed by atoms with E-state index in [4.69, 9.17) is 14.2 Å². The predicted molar refractivity (Wildman–Crippen MR) is 303 cm³/mol. The van der Waals surface area contributed by atoms with Gasteiger partial charge in [0.1, 0.15) is 13.2 Å². The summed E-state index contributed by atoms with van der Waals surface area (Å²) in [6.07, 6.45) is 70.7. The third-order valence-electron chi connectivity index (χ3n) is 14.2. The molecule has 0 amide bonds. The molecule has 0 saturated carbocycles. The van der Waals surface area contributed by atoms with Gasteiger partial charge in [0.2, 0.25) is 0 Å². The molecule has 0 heterocycles. The molecule has 0 rings (SSSR count). The summed E-state index contributed by atoms with van der Waals surface area (Å²) in [5.74, 6) is -0.847. The Morgan fingerprint density at radius 3 is 0.786 bits per heavy atom. The second kappa shape index (κ2) is 59.5. The van der Waals surface area contributed by atoms with Crippen molar-refractivity contribution in [2.24, 2.45) is 0 Å². The highest BCUT2D eigenvalue weighted by atomic mass is 16.6. The van der Waals surface area contributed by atoms with Crippen LogP contribution in [0.4, 0.5) is 0 Å². The first-order valence-electron chi connectivity index (χ1n) is 31.3. The van der Waals surface area contributed by atoms with E-state index < -0.39 is 6.10 Å². The molecule has 0 aliphatic carbocycles. The summed E-state index contributed by atoms with van der Waals surface area (Å²) in [5.41, 5.74) is 0. The molecule has 1 unspecified atom stereocenters. The minimum atomic E-state index is -0.763. The molecule has 0 fully saturated rings. The van der Waals surface area contributed by atoms with Crippen LogP contribution in [0, 0.1) is 0 Å². The molecule has 0 aliphatic heterocycles. The zero-order chi connectivity index (χ0) is 50.7. The van der Waals surface area contributed by atoms with Crippen LogP contribution in [-0.2, 0) is 28.6 Å². The van der Waals surface area contributed by atoms with Crippen LogP contribution in [0.2, 0.25) is 0 Å². The van der Waals surface area contributed by atoms with Crippen LogP contribution in [0.15, 0.2) is 24.3 Å². The van der Waals surface area contributed by atoms with Gasteiger partial charge in [0.25, 0.3) is 0 Å². The topological polar surface area (TPSA) is 78.9 Å². The summed E-state index contributed by atoms with van der Waals surface area (Å²) in [4.78, 5) is 38.0. The third-order valence-corrected chi connectivity index (χ3v) is 14.2. The average molecular weight is 986 g/mol. The van der Waals surface area contributed by atoms with Crippen LogP contribution < -0.4 is 0 Å². The molecule has 0 aliphatic rings. The van der Waals surface area contributed by atoms with E-state index in [0.29, 0.717) is 19.3 Å². The normalized spacial score (nSPS) is 12.1. The lowest BCUT2D eigenvalue weighted by Crippen LogP contribution is -2.30. The van der Waals surface area contributed by atoms with Crippen molar-refractivity contribution in [2.45, 2.75) is 354 Å². The molecule has 0 aromatic carbocycles. The van der Waals surface area contributed by atoms with Crippen molar-refractivity contribution in [1.29, 1.82) is 0 Å². The maximum Gasteiger partial charge on any atom is 0.306 e. The number of carbonyl (C=O) groups is 3. The van der Waals surface area contributed by atoms with Gasteiger partial charge < -0.3 is 14.2 Å². The lowest BCUT2D eigenvalue weighted by Gasteiger charge is -2.18. The summed E-state index contributed by atoms with van der Waals surface area (Å²) < 4.78 is 16.8. The predicted octanol–water partition coefficient (Wildman–Crippen LogP) is 21.1. The van der Waals surface area contributed by atoms with Gasteiger partial charge in [0, 0.05) is 19.3 Å². The average Bonchev–Trinajstić information content (AvgIpc) is 3.36. The highest BCUT2D eigenvalue weighted by molar-refractivity contribution is 5.71. The van der Waals surface area contributed by atoms with Crippen LogP contribution in [-0.4, -0.2) is 37.2 Å². The van der Waals surface area contributed by atoms with Crippen LogP contribution in [0.5, 0.6) is 0 Å². The Balaban J connectivity index is 3.98. The molecule has 6 nitrogen and oxygen atoms in total. The summed E-state index contributed by atoms with van der Waals surface area (Å²) in [7, 11) is 0. The van der Waals surface area contributed by atoms with Gasteiger partial charge >= 0.3 is 17.9 Å². The fraction of sp³-hybridized carbons (Fsp3) is 0.891. The number of rotatable bonds is 58. The molecule has 0 bridgehead atoms. The highest BCUT2D eigenvalue weighted by Crippen LogP contribution is 2.18. The Hall–Kier alpha value is -2.11. The molecule has 0 saturated heterocycles. The zero-order valence-electron chi connectivity index (χ0n) is 47.3. The number of hydrogen-bond acceptors (Lipinski definition) is 6. The van der Waals surface area contributed by atoms with Gasteiger partial charge in [-0.05, 0) is 51.4 Å². The quantitative estimate of drug-likeness (QED) is 0.0261. The molecule has 0 aromatic rings. The first kappa shape index (κ1) is 67.9. The van der Waals surface area contributed by atoms with Crippen LogP contribution in [0.1, 0.15) is 348 Å². The van der Waals surface area contributed by atoms with Crippen LogP contribution in [0.3, 0.4) is 0 Å². The van der Waals surface area contributed by atoms with Gasteiger partial charge in [0.15, 0.2) is 6.10 Å². The van der Waals surface area contributed by atoms with Crippen LogP contribution >= 0.6 is 0 Å². The third kappa shape index (κ3) is 56.8. The number of unbranched alkanes of at least 4 members (excludes halogenated alkanes) is 43. The largest absolute Gasteiger partial charge is 0.462 e. The summed E-state index contributed by atoms with van der Waals surface area (Å²) in [6.45, 7) is 6.65. The van der Waals surface area contributed by atoms with Crippen molar-refractivity contribution >= 4 is 17.9 Å². The minimum absolute atomic E-state index is 0.0645. The summed E-state index contributed by atoms with van der Waals surface area (Å²) in [6, 6.07) is 0. The molecule has 0 aromatic heterocycles. The maximum absolute atomic E-state index is 12.8. The van der Waals surface area contributed by atoms with Crippen molar-refractivity contribution in [3.05, 3.63) is 24.3 Å². The SMILES string of the molecule is CCCCCCC/C=C\C/C=C\CCCCCCCCCCCCCCCCCCCCCC(=O)OCC(COC(=O)CCCCCCCCCC)OC(=O)CCCCCCCCCCCCCCC. The lowest BCUT2D eigenvalue weighted by atomic mass is 10.0. The first-order valence-corrected chi connectivity index (χ1v) is 31.3. The van der Waals surface area contributed by atoms with E-state index in [1.54, 1.807) is 0 Å². The minimum Gasteiger partial charge on any atom is -0.462 e. The lowest BCUT2D eigenvalue weighted by molar-refractivity contribution is -0.167. The molecule has 0 radical (unpaired) electrons. The van der Waals surface area contributed by atoms with Crippen LogP contribution in [0.25, 0.3) is 0 Å². The second-order valence-corrected chi connectivity index (χ2v) is 21.3. The molecule has 0 N–H and O–H groups in total. The van der Waals surface area contributed by atoms with Crippen molar-refractivity contribution in [1.82, 2.24) is 0 Å². The number of allylic oxidation sites excluding steroid dienone is 4. The number of esters is 3. The smallest absolute Gasteiger partial charge is 0.306 e. The molecule has 412 valence electrons. The summed E-state index contributed by atoms with van der Waals surface area (Å²) in [5, 5.41) is 0. The van der Waals surface area contributed by atoms with Gasteiger partial charge in [0.05, 0.1) is 0 Å². The van der Waals surface area contributed by atoms with Gasteiger partial charge in [-0.15, -0.1) is 0 Å². The van der Waals surface area contributed by atoms with Gasteiger partial charge in [-0.1, -0.05) is 302 Å². The monoisotopic (exact) mass is 985 g/mol. The fourth-order valence-electron chi connectivity index (χ4n) is 9.48. The van der Waals surface area contributed by atoms with Crippen molar-refractivity contribution < 1.29 is 28.6 Å². The Morgan fingerprint density at radius 1 is 0.286 bits per heavy atom. The second-order valence-electron chi connectivity index (χ2n) is 21.3. The molecular formula is C64H120O6. The Bertz CT molecular complexity index is 1130. The highest BCUT2D eigenvalue weighted by Gasteiger charge is 2.19. The molecule has 6 heteroatoms. The Labute approximate surface area is 436 Å². The van der Waals surface area contributed by atoms with E-state index in [1.165, 1.54) is 244 Å². The molecule has 70 heavy (non-hydrogen) atoms. The fourth-order valence-corrected chi connectivity index (χ4v) is 9.48. The molecular weight excluding hydrogens is 865 g/mol. The van der Waals surface area contributed by atoms with E-state index in [0.717, 1.165) is 64.2 Å². The van der Waals surface area contributed by atoms with Gasteiger partial charge in [-0.2, -0.15) is 0 Å². The molecule has 1 atom stereocenters. The first-order chi connectivity index (χ1) is 34.5. The summed E-state index contributed by atoms with van der Waals surface area (Å²) >= 11 is 0. The number of hydrogen-bond donors (Lipinski definition) is 0. The van der Waals surface area contributed by atoms with E-state index in [2.05, 4.69) is 45.1 Å². The van der Waals surface area contributed by atoms with Crippen molar-refractivity contribution in [2.75, 3.05) is 13.2 Å².